The van der Waals surface area contributed by atoms with Gasteiger partial charge in [-0.2, -0.15) is 0 Å². The second-order valence-electron chi connectivity index (χ2n) is 6.35. The van der Waals surface area contributed by atoms with Gasteiger partial charge in [0.15, 0.2) is 5.76 Å². The second-order valence-corrected chi connectivity index (χ2v) is 7.27. The Kier molecular flexibility index (Phi) is 4.28. The number of methoxy groups -OCH3 is 1. The van der Waals surface area contributed by atoms with E-state index in [0.29, 0.717) is 11.5 Å². The fourth-order valence-corrected chi connectivity index (χ4v) is 3.35. The summed E-state index contributed by atoms with van der Waals surface area (Å²) in [6.07, 6.45) is 1.52. The number of aromatic nitrogens is 1. The maximum absolute atomic E-state index is 12.8. The van der Waals surface area contributed by atoms with E-state index < -0.39 is 5.41 Å². The SMILES string of the molecule is COc1cccc(-c2cc(C3(C(=O)Nc4cccc(Br)c4)CC3)no2)c1. The molecule has 132 valence electrons. The molecule has 0 unspecified atom stereocenters. The van der Waals surface area contributed by atoms with Gasteiger partial charge in [-0.15, -0.1) is 0 Å². The van der Waals surface area contributed by atoms with Crippen molar-refractivity contribution in [2.45, 2.75) is 18.3 Å². The first-order valence-corrected chi connectivity index (χ1v) is 9.09. The summed E-state index contributed by atoms with van der Waals surface area (Å²) in [5, 5.41) is 7.16. The number of anilines is 1. The molecule has 2 aromatic carbocycles. The van der Waals surface area contributed by atoms with Crippen molar-refractivity contribution in [2.75, 3.05) is 12.4 Å². The molecule has 0 radical (unpaired) electrons. The third kappa shape index (κ3) is 3.12. The number of nitrogens with zero attached hydrogens (tertiary/aromatic N) is 1. The van der Waals surface area contributed by atoms with E-state index in [9.17, 15) is 4.79 Å². The van der Waals surface area contributed by atoms with E-state index in [1.165, 1.54) is 0 Å². The number of carbonyl (C=O) groups excluding carboxylic acids is 1. The van der Waals surface area contributed by atoms with Gasteiger partial charge in [0.1, 0.15) is 5.75 Å². The maximum atomic E-state index is 12.8. The Balaban J connectivity index is 1.57. The minimum atomic E-state index is -0.608. The lowest BCUT2D eigenvalue weighted by atomic mass is 10.00. The molecular formula is C20H17BrN2O3. The highest BCUT2D eigenvalue weighted by molar-refractivity contribution is 9.10. The largest absolute Gasteiger partial charge is 0.497 e. The zero-order valence-electron chi connectivity index (χ0n) is 14.2. The lowest BCUT2D eigenvalue weighted by Crippen LogP contribution is -2.28. The number of benzene rings is 2. The lowest BCUT2D eigenvalue weighted by Gasteiger charge is -2.12. The van der Waals surface area contributed by atoms with Crippen LogP contribution in [-0.2, 0) is 10.2 Å². The van der Waals surface area contributed by atoms with Gasteiger partial charge in [0, 0.05) is 21.8 Å². The van der Waals surface area contributed by atoms with Gasteiger partial charge in [-0.3, -0.25) is 4.79 Å². The number of ether oxygens (including phenoxy) is 1. The van der Waals surface area contributed by atoms with Crippen LogP contribution in [0.2, 0.25) is 0 Å². The van der Waals surface area contributed by atoms with Crippen LogP contribution in [0.15, 0.2) is 63.6 Å². The molecule has 0 bridgehead atoms. The van der Waals surface area contributed by atoms with Crippen LogP contribution in [0.4, 0.5) is 5.69 Å². The van der Waals surface area contributed by atoms with Crippen molar-refractivity contribution in [3.8, 4) is 17.1 Å². The summed E-state index contributed by atoms with van der Waals surface area (Å²) >= 11 is 3.42. The predicted octanol–water partition coefficient (Wildman–Crippen LogP) is 4.78. The highest BCUT2D eigenvalue weighted by atomic mass is 79.9. The van der Waals surface area contributed by atoms with Gasteiger partial charge in [-0.25, -0.2) is 0 Å². The molecule has 4 rings (SSSR count). The molecule has 1 heterocycles. The molecule has 1 aromatic heterocycles. The molecule has 1 aliphatic carbocycles. The van der Waals surface area contributed by atoms with E-state index >= 15 is 0 Å². The lowest BCUT2D eigenvalue weighted by molar-refractivity contribution is -0.118. The van der Waals surface area contributed by atoms with Gasteiger partial charge in [0.25, 0.3) is 0 Å². The van der Waals surface area contributed by atoms with Gasteiger partial charge in [-0.05, 0) is 43.2 Å². The van der Waals surface area contributed by atoms with Gasteiger partial charge in [0.05, 0.1) is 18.2 Å². The van der Waals surface area contributed by atoms with Crippen LogP contribution in [0, 0.1) is 0 Å². The van der Waals surface area contributed by atoms with E-state index in [2.05, 4.69) is 26.4 Å². The summed E-state index contributed by atoms with van der Waals surface area (Å²) in [5.41, 5.74) is 1.68. The van der Waals surface area contributed by atoms with Gasteiger partial charge in [-0.1, -0.05) is 39.3 Å². The first-order chi connectivity index (χ1) is 12.6. The van der Waals surface area contributed by atoms with Crippen LogP contribution < -0.4 is 10.1 Å². The zero-order valence-corrected chi connectivity index (χ0v) is 15.7. The summed E-state index contributed by atoms with van der Waals surface area (Å²) in [6.45, 7) is 0. The van der Waals surface area contributed by atoms with Gasteiger partial charge >= 0.3 is 0 Å². The fraction of sp³-hybridized carbons (Fsp3) is 0.200. The number of hydrogen-bond donors (Lipinski definition) is 1. The molecular weight excluding hydrogens is 396 g/mol. The predicted molar refractivity (Wildman–Crippen MR) is 102 cm³/mol. The molecule has 3 aromatic rings. The average Bonchev–Trinajstić information content (AvgIpc) is 3.32. The van der Waals surface area contributed by atoms with E-state index in [4.69, 9.17) is 9.26 Å². The summed E-state index contributed by atoms with van der Waals surface area (Å²) in [6, 6.07) is 17.0. The van der Waals surface area contributed by atoms with E-state index in [-0.39, 0.29) is 5.91 Å². The molecule has 26 heavy (non-hydrogen) atoms. The molecule has 6 heteroatoms. The highest BCUT2D eigenvalue weighted by Crippen LogP contribution is 2.49. The van der Waals surface area contributed by atoms with Crippen molar-refractivity contribution >= 4 is 27.5 Å². The number of halogens is 1. The van der Waals surface area contributed by atoms with Crippen LogP contribution in [0.3, 0.4) is 0 Å². The number of nitrogens with one attached hydrogen (secondary N) is 1. The van der Waals surface area contributed by atoms with Gasteiger partial charge in [0.2, 0.25) is 5.91 Å². The molecule has 1 N–H and O–H groups in total. The Morgan fingerprint density at radius 2 is 2.00 bits per heavy atom. The van der Waals surface area contributed by atoms with Crippen molar-refractivity contribution in [1.82, 2.24) is 5.16 Å². The quantitative estimate of drug-likeness (QED) is 0.654. The third-order valence-electron chi connectivity index (χ3n) is 4.62. The molecule has 0 saturated heterocycles. The molecule has 0 aliphatic heterocycles. The Labute approximate surface area is 159 Å². The average molecular weight is 413 g/mol. The van der Waals surface area contributed by atoms with E-state index in [1.807, 2.05) is 54.6 Å². The molecule has 5 nitrogen and oxygen atoms in total. The van der Waals surface area contributed by atoms with Crippen LogP contribution in [0.5, 0.6) is 5.75 Å². The summed E-state index contributed by atoms with van der Waals surface area (Å²) in [5.74, 6) is 1.32. The molecule has 1 aliphatic rings. The Hall–Kier alpha value is -2.60. The van der Waals surface area contributed by atoms with Crippen molar-refractivity contribution in [2.24, 2.45) is 0 Å². The molecule has 1 saturated carbocycles. The molecule has 1 fully saturated rings. The summed E-state index contributed by atoms with van der Waals surface area (Å²) in [7, 11) is 1.62. The summed E-state index contributed by atoms with van der Waals surface area (Å²) < 4.78 is 11.7. The van der Waals surface area contributed by atoms with Crippen molar-refractivity contribution in [1.29, 1.82) is 0 Å². The third-order valence-corrected chi connectivity index (χ3v) is 5.12. The minimum absolute atomic E-state index is 0.0545. The van der Waals surface area contributed by atoms with Crippen molar-refractivity contribution in [3.05, 3.63) is 64.8 Å². The number of carbonyl (C=O) groups is 1. The molecule has 1 amide bonds. The molecule has 0 atom stereocenters. The smallest absolute Gasteiger partial charge is 0.236 e. The fourth-order valence-electron chi connectivity index (χ4n) is 2.95. The van der Waals surface area contributed by atoms with Crippen LogP contribution in [0.25, 0.3) is 11.3 Å². The van der Waals surface area contributed by atoms with E-state index in [0.717, 1.165) is 34.3 Å². The Morgan fingerprint density at radius 1 is 1.19 bits per heavy atom. The highest BCUT2D eigenvalue weighted by Gasteiger charge is 2.53. The summed E-state index contributed by atoms with van der Waals surface area (Å²) in [4.78, 5) is 12.8. The number of rotatable bonds is 5. The minimum Gasteiger partial charge on any atom is -0.497 e. The number of amides is 1. The Bertz CT molecular complexity index is 963. The first kappa shape index (κ1) is 16.8. The van der Waals surface area contributed by atoms with Crippen LogP contribution >= 0.6 is 15.9 Å². The van der Waals surface area contributed by atoms with E-state index in [1.54, 1.807) is 7.11 Å². The standard InChI is InChI=1S/C20H17BrN2O3/c1-25-16-7-2-4-13(10-16)17-12-18(23-26-17)20(8-9-20)19(24)22-15-6-3-5-14(21)11-15/h2-7,10-12H,8-9H2,1H3,(H,22,24). The van der Waals surface area contributed by atoms with Crippen LogP contribution in [-0.4, -0.2) is 18.2 Å². The second kappa shape index (κ2) is 6.61. The number of hydrogen-bond acceptors (Lipinski definition) is 4. The Morgan fingerprint density at radius 3 is 2.73 bits per heavy atom. The maximum Gasteiger partial charge on any atom is 0.236 e. The van der Waals surface area contributed by atoms with Gasteiger partial charge < -0.3 is 14.6 Å². The van der Waals surface area contributed by atoms with Crippen LogP contribution in [0.1, 0.15) is 18.5 Å². The monoisotopic (exact) mass is 412 g/mol. The molecule has 0 spiro atoms. The van der Waals surface area contributed by atoms with Crippen molar-refractivity contribution in [3.63, 3.8) is 0 Å². The normalized spacial score (nSPS) is 14.7. The van der Waals surface area contributed by atoms with Crippen molar-refractivity contribution < 1.29 is 14.1 Å². The zero-order chi connectivity index (χ0) is 18.1. The first-order valence-electron chi connectivity index (χ1n) is 8.29. The topological polar surface area (TPSA) is 64.4 Å².